The maximum Gasteiger partial charge on any atom is 0.363 e. The molecule has 6 heteroatoms. The van der Waals surface area contributed by atoms with Crippen molar-refractivity contribution in [3.8, 4) is 0 Å². The number of fused-ring (bicyclic) bond motifs is 2. The van der Waals surface area contributed by atoms with Crippen molar-refractivity contribution in [3.63, 3.8) is 0 Å². The van der Waals surface area contributed by atoms with Crippen molar-refractivity contribution < 1.29 is 17.8 Å². The van der Waals surface area contributed by atoms with E-state index in [0.717, 1.165) is 18.8 Å². The highest BCUT2D eigenvalue weighted by Crippen LogP contribution is 2.61. The van der Waals surface area contributed by atoms with Crippen molar-refractivity contribution >= 4 is 15.4 Å². The highest BCUT2D eigenvalue weighted by atomic mass is 32.2. The van der Waals surface area contributed by atoms with Crippen molar-refractivity contribution in [2.75, 3.05) is 6.54 Å². The number of carbonyl (C=O) groups is 1. The Hall–Kier alpha value is -0.620. The molecule has 98 valence electrons. The van der Waals surface area contributed by atoms with E-state index in [2.05, 4.69) is 19.2 Å². The van der Waals surface area contributed by atoms with Gasteiger partial charge in [0, 0.05) is 6.54 Å². The summed E-state index contributed by atoms with van der Waals surface area (Å²) in [5.74, 6) is 1.67. The maximum atomic E-state index is 11.0. The molecule has 3 aliphatic rings. The largest absolute Gasteiger partial charge is 0.363 e. The van der Waals surface area contributed by atoms with E-state index in [1.165, 1.54) is 6.42 Å². The zero-order valence-electron chi connectivity index (χ0n) is 10.1. The first kappa shape index (κ1) is 12.8. The molecule has 1 amide bonds. The Morgan fingerprint density at radius 2 is 2.06 bits per heavy atom. The van der Waals surface area contributed by atoms with E-state index in [1.807, 2.05) is 0 Å². The standard InChI is InChI=1S/C11H19NO4S/c1-11(2)8-4-3-7(9(11)5-8)6-12-10(13)17(14,15)16/h7-9H,3-6H2,1-2H3,(H,12,13)(H,14,15,16). The van der Waals surface area contributed by atoms with Gasteiger partial charge in [0.2, 0.25) is 0 Å². The summed E-state index contributed by atoms with van der Waals surface area (Å²) in [6.45, 7) is 4.82. The van der Waals surface area contributed by atoms with E-state index in [1.54, 1.807) is 0 Å². The zero-order chi connectivity index (χ0) is 12.8. The van der Waals surface area contributed by atoms with E-state index in [0.29, 0.717) is 23.8 Å². The monoisotopic (exact) mass is 261 g/mol. The topological polar surface area (TPSA) is 83.5 Å². The maximum absolute atomic E-state index is 11.0. The lowest BCUT2D eigenvalue weighted by Gasteiger charge is -2.60. The fourth-order valence-corrected chi connectivity index (χ4v) is 3.78. The van der Waals surface area contributed by atoms with Crippen molar-refractivity contribution in [2.24, 2.45) is 23.2 Å². The highest BCUT2D eigenvalue weighted by Gasteiger charge is 2.53. The minimum absolute atomic E-state index is 0.311. The smallest absolute Gasteiger partial charge is 0.340 e. The quantitative estimate of drug-likeness (QED) is 0.740. The molecule has 2 bridgehead atoms. The van der Waals surface area contributed by atoms with Crippen LogP contribution in [0.15, 0.2) is 0 Å². The van der Waals surface area contributed by atoms with Gasteiger partial charge in [0.1, 0.15) is 0 Å². The molecule has 0 spiro atoms. The molecular formula is C11H19NO4S. The summed E-state index contributed by atoms with van der Waals surface area (Å²) < 4.78 is 29.7. The number of carbonyl (C=O) groups excluding carboxylic acids is 1. The lowest BCUT2D eigenvalue weighted by molar-refractivity contribution is -0.103. The van der Waals surface area contributed by atoms with Gasteiger partial charge in [-0.3, -0.25) is 9.35 Å². The van der Waals surface area contributed by atoms with Crippen molar-refractivity contribution in [1.29, 1.82) is 0 Å². The van der Waals surface area contributed by atoms with Gasteiger partial charge in [-0.1, -0.05) is 13.8 Å². The van der Waals surface area contributed by atoms with Crippen LogP contribution in [0.5, 0.6) is 0 Å². The lowest BCUT2D eigenvalue weighted by atomic mass is 9.45. The molecule has 17 heavy (non-hydrogen) atoms. The molecule has 0 saturated heterocycles. The van der Waals surface area contributed by atoms with E-state index < -0.39 is 15.4 Å². The summed E-state index contributed by atoms with van der Waals surface area (Å²) in [5.41, 5.74) is 0.311. The molecule has 0 radical (unpaired) electrons. The summed E-state index contributed by atoms with van der Waals surface area (Å²) >= 11 is 0. The van der Waals surface area contributed by atoms with Gasteiger partial charge in [0.15, 0.2) is 0 Å². The molecule has 0 aromatic heterocycles. The van der Waals surface area contributed by atoms with Crippen LogP contribution in [0, 0.1) is 23.2 Å². The van der Waals surface area contributed by atoms with Crippen LogP contribution in [-0.2, 0) is 10.1 Å². The summed E-state index contributed by atoms with van der Waals surface area (Å²) in [7, 11) is -4.59. The first-order valence-corrected chi connectivity index (χ1v) is 7.42. The second kappa shape index (κ2) is 3.95. The molecule has 3 fully saturated rings. The Morgan fingerprint density at radius 3 is 2.53 bits per heavy atom. The molecule has 2 N–H and O–H groups in total. The molecule has 3 aliphatic carbocycles. The van der Waals surface area contributed by atoms with E-state index in [9.17, 15) is 13.2 Å². The Morgan fingerprint density at radius 1 is 1.41 bits per heavy atom. The van der Waals surface area contributed by atoms with Crippen LogP contribution in [0.1, 0.15) is 33.1 Å². The fourth-order valence-electron chi connectivity index (χ4n) is 3.51. The van der Waals surface area contributed by atoms with Gasteiger partial charge in [-0.2, -0.15) is 8.42 Å². The molecule has 3 saturated carbocycles. The van der Waals surface area contributed by atoms with Crippen LogP contribution >= 0.6 is 0 Å². The minimum Gasteiger partial charge on any atom is -0.340 e. The predicted molar refractivity (Wildman–Crippen MR) is 63.0 cm³/mol. The number of amides is 1. The lowest BCUT2D eigenvalue weighted by Crippen LogP contribution is -2.54. The van der Waals surface area contributed by atoms with Crippen LogP contribution in [0.3, 0.4) is 0 Å². The van der Waals surface area contributed by atoms with Gasteiger partial charge in [0.05, 0.1) is 0 Å². The van der Waals surface area contributed by atoms with E-state index in [4.69, 9.17) is 4.55 Å². The average molecular weight is 261 g/mol. The molecule has 3 unspecified atom stereocenters. The summed E-state index contributed by atoms with van der Waals surface area (Å²) in [6, 6.07) is 0. The molecule has 0 aliphatic heterocycles. The zero-order valence-corrected chi connectivity index (χ0v) is 11.0. The fraction of sp³-hybridized carbons (Fsp3) is 0.909. The normalized spacial score (nSPS) is 34.9. The van der Waals surface area contributed by atoms with Crippen LogP contribution in [-0.4, -0.2) is 24.8 Å². The summed E-state index contributed by atoms with van der Waals surface area (Å²) in [4.78, 5) is 11.0. The Balaban J connectivity index is 1.91. The first-order valence-electron chi connectivity index (χ1n) is 5.98. The number of hydrogen-bond acceptors (Lipinski definition) is 3. The molecule has 5 nitrogen and oxygen atoms in total. The van der Waals surface area contributed by atoms with E-state index >= 15 is 0 Å². The predicted octanol–water partition coefficient (Wildman–Crippen LogP) is 1.66. The van der Waals surface area contributed by atoms with Crippen molar-refractivity contribution in [2.45, 2.75) is 33.1 Å². The average Bonchev–Trinajstić information content (AvgIpc) is 2.24. The molecule has 0 aromatic rings. The first-order chi connectivity index (χ1) is 7.73. The SMILES string of the molecule is CC1(C)C2CCC(CNC(=O)S(=O)(=O)O)C1C2. The molecule has 0 aromatic carbocycles. The highest BCUT2D eigenvalue weighted by molar-refractivity contribution is 8.01. The van der Waals surface area contributed by atoms with Gasteiger partial charge < -0.3 is 5.32 Å². The van der Waals surface area contributed by atoms with Crippen molar-refractivity contribution in [1.82, 2.24) is 5.32 Å². The minimum atomic E-state index is -4.59. The Labute approximate surface area is 102 Å². The molecular weight excluding hydrogens is 242 g/mol. The second-order valence-electron chi connectivity index (χ2n) is 5.84. The number of rotatable bonds is 2. The molecule has 3 atom stereocenters. The van der Waals surface area contributed by atoms with Gasteiger partial charge in [-0.05, 0) is 42.4 Å². The van der Waals surface area contributed by atoms with Gasteiger partial charge >= 0.3 is 15.4 Å². The van der Waals surface area contributed by atoms with Gasteiger partial charge in [-0.15, -0.1) is 0 Å². The van der Waals surface area contributed by atoms with Gasteiger partial charge in [-0.25, -0.2) is 0 Å². The summed E-state index contributed by atoms with van der Waals surface area (Å²) in [5, 5.41) is 1.03. The number of nitrogens with one attached hydrogen (secondary N) is 1. The summed E-state index contributed by atoms with van der Waals surface area (Å²) in [6.07, 6.45) is 3.36. The molecule has 3 rings (SSSR count). The number of hydrogen-bond donors (Lipinski definition) is 2. The van der Waals surface area contributed by atoms with Crippen LogP contribution < -0.4 is 5.32 Å². The second-order valence-corrected chi connectivity index (χ2v) is 7.16. The van der Waals surface area contributed by atoms with Crippen molar-refractivity contribution in [3.05, 3.63) is 0 Å². The van der Waals surface area contributed by atoms with Crippen LogP contribution in [0.4, 0.5) is 4.79 Å². The molecule has 0 heterocycles. The third-order valence-electron chi connectivity index (χ3n) is 4.74. The van der Waals surface area contributed by atoms with E-state index in [-0.39, 0.29) is 0 Å². The van der Waals surface area contributed by atoms with Gasteiger partial charge in [0.25, 0.3) is 0 Å². The Bertz CT molecular complexity index is 427. The van der Waals surface area contributed by atoms with Crippen LogP contribution in [0.25, 0.3) is 0 Å². The van der Waals surface area contributed by atoms with Crippen LogP contribution in [0.2, 0.25) is 0 Å². The third-order valence-corrected chi connectivity index (χ3v) is 5.36. The third kappa shape index (κ3) is 2.20. The Kier molecular flexibility index (Phi) is 2.98.